The molecule has 606 valence electrons. The van der Waals surface area contributed by atoms with E-state index < -0.39 is 156 Å². The first kappa shape index (κ1) is 94.9. The first-order valence-electron chi connectivity index (χ1n) is 41.0. The highest BCUT2D eigenvalue weighted by Gasteiger charge is 2.58. The maximum absolute atomic E-state index is 14.4. The van der Waals surface area contributed by atoms with E-state index in [0.717, 1.165) is 83.5 Å². The summed E-state index contributed by atoms with van der Waals surface area (Å²) >= 11 is 0. The summed E-state index contributed by atoms with van der Waals surface area (Å²) in [6, 6.07) is 0. The Labute approximate surface area is 618 Å². The molecular formula is C78H145O24P. The minimum Gasteiger partial charge on any atom is -0.463 e. The average molecular weight is 1500 g/mol. The quantitative estimate of drug-likeness (QED) is 0.00886. The summed E-state index contributed by atoms with van der Waals surface area (Å²) in [5.41, 5.74) is 0. The molecule has 103 heavy (non-hydrogen) atoms. The maximum atomic E-state index is 14.4. The topological polar surface area (TPSA) is 374 Å². The SMILES string of the molecule is CCCCCCCCC/C=C\CCCCCC(=O)OC(COC(=O)CCCCCCCCCCCCCCCCCCC)COP(=O)(O)OC1C(OC2OC(CO)C(O)C(O)C2O)C(O)C(O)C(O)C1OC1OC(COC(=O)CCCCCCCCCCCCCCCCCCC)C(O)C(O)C1O. The highest BCUT2D eigenvalue weighted by Crippen LogP contribution is 2.49. The molecule has 3 aliphatic rings. The lowest BCUT2D eigenvalue weighted by Crippen LogP contribution is -2.69. The largest absolute Gasteiger partial charge is 0.472 e. The molecule has 3 rings (SSSR count). The Morgan fingerprint density at radius 3 is 1.06 bits per heavy atom. The number of allylic oxidation sites excluding steroid dienone is 2. The van der Waals surface area contributed by atoms with E-state index in [0.29, 0.717) is 25.7 Å². The average Bonchev–Trinajstić information content (AvgIpc) is 0.761. The van der Waals surface area contributed by atoms with Crippen molar-refractivity contribution in [3.63, 3.8) is 0 Å². The first-order chi connectivity index (χ1) is 49.8. The van der Waals surface area contributed by atoms with E-state index >= 15 is 0 Å². The predicted molar refractivity (Wildman–Crippen MR) is 393 cm³/mol. The lowest BCUT2D eigenvalue weighted by Gasteiger charge is -2.49. The van der Waals surface area contributed by atoms with Crippen molar-refractivity contribution < 1.29 is 117 Å². The van der Waals surface area contributed by atoms with E-state index in [-0.39, 0.29) is 19.3 Å². The molecule has 0 aromatic heterocycles. The fourth-order valence-corrected chi connectivity index (χ4v) is 14.6. The molecule has 0 aromatic carbocycles. The summed E-state index contributed by atoms with van der Waals surface area (Å²) in [4.78, 5) is 51.2. The zero-order valence-corrected chi connectivity index (χ0v) is 64.5. The van der Waals surface area contributed by atoms with Crippen molar-refractivity contribution in [3.05, 3.63) is 12.2 Å². The molecule has 18 atom stereocenters. The number of hydrogen-bond acceptors (Lipinski definition) is 23. The molecule has 0 spiro atoms. The minimum atomic E-state index is -5.70. The summed E-state index contributed by atoms with van der Waals surface area (Å²) in [5.74, 6) is -1.99. The van der Waals surface area contributed by atoms with Crippen molar-refractivity contribution in [2.75, 3.05) is 26.4 Å². The van der Waals surface area contributed by atoms with Gasteiger partial charge in [-0.3, -0.25) is 23.4 Å². The molecule has 0 radical (unpaired) electrons. The molecule has 0 amide bonds. The van der Waals surface area contributed by atoms with Crippen molar-refractivity contribution >= 4 is 25.7 Å². The summed E-state index contributed by atoms with van der Waals surface area (Å²) in [6.45, 7) is 3.49. The number of carbonyl (C=O) groups excluding carboxylic acids is 3. The molecule has 25 heteroatoms. The summed E-state index contributed by atoms with van der Waals surface area (Å²) < 4.78 is 65.2. The van der Waals surface area contributed by atoms with E-state index in [1.807, 2.05) is 0 Å². The fourth-order valence-electron chi connectivity index (χ4n) is 13.6. The van der Waals surface area contributed by atoms with Gasteiger partial charge in [0.2, 0.25) is 0 Å². The molecule has 0 bridgehead atoms. The Hall–Kier alpha value is -2.30. The van der Waals surface area contributed by atoms with Crippen LogP contribution in [0.25, 0.3) is 0 Å². The number of hydrogen-bond donors (Lipinski definition) is 11. The normalized spacial score (nSPS) is 26.9. The second-order valence-corrected chi connectivity index (χ2v) is 30.9. The van der Waals surface area contributed by atoms with E-state index in [9.17, 15) is 74.9 Å². The van der Waals surface area contributed by atoms with Gasteiger partial charge in [0, 0.05) is 19.3 Å². The predicted octanol–water partition coefficient (Wildman–Crippen LogP) is 12.7. The van der Waals surface area contributed by atoms with E-state index in [2.05, 4.69) is 32.9 Å². The Morgan fingerprint density at radius 2 is 0.680 bits per heavy atom. The van der Waals surface area contributed by atoms with Crippen molar-refractivity contribution in [2.24, 2.45) is 0 Å². The molecule has 0 aromatic rings. The molecule has 3 fully saturated rings. The number of aliphatic hydroxyl groups is 10. The minimum absolute atomic E-state index is 0.0326. The highest BCUT2D eigenvalue weighted by atomic mass is 31.2. The van der Waals surface area contributed by atoms with Crippen LogP contribution in [0.15, 0.2) is 12.2 Å². The van der Waals surface area contributed by atoms with E-state index in [1.54, 1.807) is 0 Å². The number of ether oxygens (including phenoxy) is 7. The zero-order chi connectivity index (χ0) is 75.3. The van der Waals surface area contributed by atoms with Crippen LogP contribution < -0.4 is 0 Å². The molecule has 2 saturated heterocycles. The van der Waals surface area contributed by atoms with E-state index in [4.69, 9.17) is 42.2 Å². The van der Waals surface area contributed by atoms with Gasteiger partial charge in [-0.2, -0.15) is 0 Å². The number of aliphatic hydroxyl groups excluding tert-OH is 10. The smallest absolute Gasteiger partial charge is 0.463 e. The van der Waals surface area contributed by atoms with Gasteiger partial charge in [0.25, 0.3) is 0 Å². The second-order valence-electron chi connectivity index (χ2n) is 29.5. The van der Waals surface area contributed by atoms with Gasteiger partial charge in [0.1, 0.15) is 98.7 Å². The number of rotatable bonds is 65. The van der Waals surface area contributed by atoms with Gasteiger partial charge >= 0.3 is 25.7 Å². The zero-order valence-electron chi connectivity index (χ0n) is 63.6. The monoisotopic (exact) mass is 1500 g/mol. The van der Waals surface area contributed by atoms with Crippen molar-refractivity contribution in [3.8, 4) is 0 Å². The third kappa shape index (κ3) is 41.9. The molecule has 18 unspecified atom stereocenters. The fraction of sp³-hybridized carbons (Fsp3) is 0.936. The van der Waals surface area contributed by atoms with Crippen LogP contribution in [0.4, 0.5) is 0 Å². The standard InChI is InChI=1S/C78H145O24P/c1-4-7-10-13-16-19-22-25-28-30-32-35-37-40-43-46-49-52-62(80)94-56-59(97-64(82)54-51-48-45-42-39-34-27-24-21-18-15-12-9-6-3)57-96-103(92,93)102-76-74(100-77-72(90)67(85)65(83)60(55-79)98-77)70(88)69(87)71(89)75(76)101-78-73(91)68(86)66(84)61(99-78)58-95-63(81)53-50-47-44-41-38-36-33-31-29-26-23-20-17-14-11-8-5-2/h34,39,59-61,65-79,83-91H,4-33,35-38,40-58H2,1-3H3,(H,92,93)/b39-34-. The van der Waals surface area contributed by atoms with Crippen LogP contribution >= 0.6 is 7.82 Å². The van der Waals surface area contributed by atoms with Gasteiger partial charge in [0.15, 0.2) is 18.7 Å². The van der Waals surface area contributed by atoms with Gasteiger partial charge in [-0.05, 0) is 44.9 Å². The van der Waals surface area contributed by atoms with Gasteiger partial charge in [-0.25, -0.2) is 4.57 Å². The summed E-state index contributed by atoms with van der Waals surface area (Å²) in [7, 11) is -5.70. The van der Waals surface area contributed by atoms with Gasteiger partial charge in [0.05, 0.1) is 13.2 Å². The summed E-state index contributed by atoms with van der Waals surface area (Å²) in [6.07, 6.45) is 21.1. The molecular weight excluding hydrogens is 1350 g/mol. The number of unbranched alkanes of at least 4 members (excludes halogenated alkanes) is 42. The third-order valence-corrected chi connectivity index (χ3v) is 21.3. The molecule has 24 nitrogen and oxygen atoms in total. The van der Waals surface area contributed by atoms with Crippen LogP contribution in [0.2, 0.25) is 0 Å². The van der Waals surface area contributed by atoms with Gasteiger partial charge in [-0.15, -0.1) is 0 Å². The van der Waals surface area contributed by atoms with Crippen molar-refractivity contribution in [1.29, 1.82) is 0 Å². The van der Waals surface area contributed by atoms with Crippen LogP contribution in [-0.4, -0.2) is 204 Å². The van der Waals surface area contributed by atoms with Crippen LogP contribution in [-0.2, 0) is 61.2 Å². The second kappa shape index (κ2) is 59.6. The molecule has 2 heterocycles. The van der Waals surface area contributed by atoms with Gasteiger partial charge < -0.3 is 89.1 Å². The number of esters is 3. The van der Waals surface area contributed by atoms with Crippen molar-refractivity contribution in [1.82, 2.24) is 0 Å². The summed E-state index contributed by atoms with van der Waals surface area (Å²) in [5, 5.41) is 110. The lowest BCUT2D eigenvalue weighted by atomic mass is 9.84. The van der Waals surface area contributed by atoms with Crippen LogP contribution in [0, 0.1) is 0 Å². The molecule has 1 aliphatic carbocycles. The third-order valence-electron chi connectivity index (χ3n) is 20.3. The Morgan fingerprint density at radius 1 is 0.369 bits per heavy atom. The van der Waals surface area contributed by atoms with Crippen molar-refractivity contribution in [2.45, 2.75) is 440 Å². The Balaban J connectivity index is 1.69. The Bertz CT molecular complexity index is 2160. The molecule has 2 aliphatic heterocycles. The van der Waals surface area contributed by atoms with Crippen LogP contribution in [0.3, 0.4) is 0 Å². The Kier molecular flexibility index (Phi) is 54.9. The number of phosphoric acid groups is 1. The highest BCUT2D eigenvalue weighted by molar-refractivity contribution is 7.47. The van der Waals surface area contributed by atoms with E-state index in [1.165, 1.54) is 186 Å². The molecule has 11 N–H and O–H groups in total. The number of carbonyl (C=O) groups is 3. The first-order valence-corrected chi connectivity index (χ1v) is 42.5. The van der Waals surface area contributed by atoms with Gasteiger partial charge in [-0.1, -0.05) is 283 Å². The van der Waals surface area contributed by atoms with Crippen LogP contribution in [0.1, 0.15) is 335 Å². The van der Waals surface area contributed by atoms with Crippen LogP contribution in [0.5, 0.6) is 0 Å². The maximum Gasteiger partial charge on any atom is 0.472 e. The lowest BCUT2D eigenvalue weighted by molar-refractivity contribution is -0.360. The number of phosphoric ester groups is 1. The molecule has 1 saturated carbocycles.